The molecule has 0 aliphatic carbocycles. The Morgan fingerprint density at radius 3 is 2.35 bits per heavy atom. The maximum absolute atomic E-state index is 11.7. The second-order valence-electron chi connectivity index (χ2n) is 4.44. The molecule has 0 aliphatic rings. The van der Waals surface area contributed by atoms with Crippen molar-refractivity contribution in [3.63, 3.8) is 0 Å². The molecule has 0 bridgehead atoms. The second kappa shape index (κ2) is 7.25. The molecule has 1 aromatic rings. The summed E-state index contributed by atoms with van der Waals surface area (Å²) in [5.74, 6) is -1.30. The van der Waals surface area contributed by atoms with Crippen molar-refractivity contribution >= 4 is 33.6 Å². The summed E-state index contributed by atoms with van der Waals surface area (Å²) in [7, 11) is 0. The van der Waals surface area contributed by atoms with Crippen LogP contribution in [0.1, 0.15) is 17.5 Å². The van der Waals surface area contributed by atoms with Crippen LogP contribution in [0.25, 0.3) is 0 Å². The lowest BCUT2D eigenvalue weighted by Crippen LogP contribution is -2.33. The SMILES string of the molecule is Cc1cc(Br)cc(C)c1NC(=O)NCCC(O)C(=O)O. The zero-order valence-corrected chi connectivity index (χ0v) is 12.8. The van der Waals surface area contributed by atoms with Crippen LogP contribution in [-0.4, -0.2) is 34.9 Å². The standard InChI is InChI=1S/C13H17BrN2O4/c1-7-5-9(14)6-8(2)11(7)16-13(20)15-4-3-10(17)12(18)19/h5-6,10,17H,3-4H2,1-2H3,(H,18,19)(H2,15,16,20). The van der Waals surface area contributed by atoms with Gasteiger partial charge in [0.05, 0.1) is 0 Å². The molecule has 0 spiro atoms. The van der Waals surface area contributed by atoms with Crippen molar-refractivity contribution in [1.82, 2.24) is 5.32 Å². The average Bonchev–Trinajstić information content (AvgIpc) is 2.33. The van der Waals surface area contributed by atoms with Crippen LogP contribution in [0.5, 0.6) is 0 Å². The van der Waals surface area contributed by atoms with Crippen LogP contribution >= 0.6 is 15.9 Å². The highest BCUT2D eigenvalue weighted by atomic mass is 79.9. The van der Waals surface area contributed by atoms with Gasteiger partial charge in [-0.1, -0.05) is 15.9 Å². The fourth-order valence-electron chi connectivity index (χ4n) is 1.71. The first-order valence-electron chi connectivity index (χ1n) is 6.03. The molecule has 4 N–H and O–H groups in total. The number of benzene rings is 1. The number of carboxylic acids is 1. The van der Waals surface area contributed by atoms with Crippen molar-refractivity contribution in [2.45, 2.75) is 26.4 Å². The van der Waals surface area contributed by atoms with E-state index in [4.69, 9.17) is 10.2 Å². The van der Waals surface area contributed by atoms with Crippen LogP contribution < -0.4 is 10.6 Å². The number of amides is 2. The van der Waals surface area contributed by atoms with Crippen molar-refractivity contribution in [2.75, 3.05) is 11.9 Å². The molecule has 20 heavy (non-hydrogen) atoms. The Morgan fingerprint density at radius 2 is 1.85 bits per heavy atom. The normalized spacial score (nSPS) is 11.8. The largest absolute Gasteiger partial charge is 0.479 e. The molecule has 7 heteroatoms. The van der Waals surface area contributed by atoms with E-state index in [1.807, 2.05) is 26.0 Å². The Kier molecular flexibility index (Phi) is 5.97. The van der Waals surface area contributed by atoms with Crippen LogP contribution in [0.3, 0.4) is 0 Å². The number of carbonyl (C=O) groups excluding carboxylic acids is 1. The summed E-state index contributed by atoms with van der Waals surface area (Å²) in [6.45, 7) is 3.83. The van der Waals surface area contributed by atoms with Gasteiger partial charge in [0.2, 0.25) is 0 Å². The maximum Gasteiger partial charge on any atom is 0.332 e. The molecule has 2 amide bonds. The van der Waals surface area contributed by atoms with E-state index in [1.54, 1.807) is 0 Å². The topological polar surface area (TPSA) is 98.7 Å². The predicted molar refractivity (Wildman–Crippen MR) is 78.9 cm³/mol. The number of hydrogen-bond donors (Lipinski definition) is 4. The number of aryl methyl sites for hydroxylation is 2. The van der Waals surface area contributed by atoms with E-state index in [1.165, 1.54) is 0 Å². The fraction of sp³-hybridized carbons (Fsp3) is 0.385. The van der Waals surface area contributed by atoms with Crippen LogP contribution in [0, 0.1) is 13.8 Å². The molecule has 0 saturated carbocycles. The second-order valence-corrected chi connectivity index (χ2v) is 5.35. The highest BCUT2D eigenvalue weighted by Crippen LogP contribution is 2.24. The van der Waals surface area contributed by atoms with Crippen LogP contribution in [-0.2, 0) is 4.79 Å². The fourth-order valence-corrected chi connectivity index (χ4v) is 2.40. The highest BCUT2D eigenvalue weighted by Gasteiger charge is 2.13. The number of halogens is 1. The van der Waals surface area contributed by atoms with E-state index in [9.17, 15) is 9.59 Å². The molecule has 1 rings (SSSR count). The van der Waals surface area contributed by atoms with Gasteiger partial charge in [0.15, 0.2) is 6.10 Å². The van der Waals surface area contributed by atoms with Gasteiger partial charge in [-0.3, -0.25) is 0 Å². The minimum Gasteiger partial charge on any atom is -0.479 e. The molecule has 110 valence electrons. The molecule has 6 nitrogen and oxygen atoms in total. The third-order valence-electron chi connectivity index (χ3n) is 2.72. The Morgan fingerprint density at radius 1 is 1.30 bits per heavy atom. The molecule has 0 saturated heterocycles. The smallest absolute Gasteiger partial charge is 0.332 e. The highest BCUT2D eigenvalue weighted by molar-refractivity contribution is 9.10. The summed E-state index contributed by atoms with van der Waals surface area (Å²) in [6.07, 6.45) is -1.51. The van der Waals surface area contributed by atoms with Crippen molar-refractivity contribution in [3.05, 3.63) is 27.7 Å². The number of aliphatic hydroxyl groups is 1. The van der Waals surface area contributed by atoms with Gasteiger partial charge in [-0.05, 0) is 37.1 Å². The number of aliphatic hydroxyl groups excluding tert-OH is 1. The third kappa shape index (κ3) is 4.82. The van der Waals surface area contributed by atoms with Crippen LogP contribution in [0.4, 0.5) is 10.5 Å². The number of carbonyl (C=O) groups is 2. The van der Waals surface area contributed by atoms with Gasteiger partial charge in [0.1, 0.15) is 0 Å². The van der Waals surface area contributed by atoms with Gasteiger partial charge < -0.3 is 20.8 Å². The van der Waals surface area contributed by atoms with Crippen LogP contribution in [0.15, 0.2) is 16.6 Å². The number of carboxylic acid groups (broad SMARTS) is 1. The first-order chi connectivity index (χ1) is 9.31. The van der Waals surface area contributed by atoms with E-state index in [0.717, 1.165) is 15.6 Å². The third-order valence-corrected chi connectivity index (χ3v) is 3.18. The maximum atomic E-state index is 11.7. The summed E-state index contributed by atoms with van der Waals surface area (Å²) < 4.78 is 0.933. The molecule has 0 radical (unpaired) electrons. The van der Waals surface area contributed by atoms with Gasteiger partial charge in [0.25, 0.3) is 0 Å². The van der Waals surface area contributed by atoms with E-state index >= 15 is 0 Å². The van der Waals surface area contributed by atoms with Crippen LogP contribution in [0.2, 0.25) is 0 Å². The monoisotopic (exact) mass is 344 g/mol. The van der Waals surface area contributed by atoms with Crippen molar-refractivity contribution in [1.29, 1.82) is 0 Å². The number of nitrogens with one attached hydrogen (secondary N) is 2. The Labute approximate surface area is 125 Å². The Bertz CT molecular complexity index is 496. The number of anilines is 1. The van der Waals surface area contributed by atoms with E-state index in [0.29, 0.717) is 5.69 Å². The van der Waals surface area contributed by atoms with Gasteiger partial charge in [-0.25, -0.2) is 9.59 Å². The summed E-state index contributed by atoms with van der Waals surface area (Å²) in [4.78, 5) is 22.1. The molecule has 0 aliphatic heterocycles. The van der Waals surface area contributed by atoms with E-state index in [-0.39, 0.29) is 13.0 Å². The molecular formula is C13H17BrN2O4. The number of hydrogen-bond acceptors (Lipinski definition) is 3. The summed E-state index contributed by atoms with van der Waals surface area (Å²) in [6, 6.07) is 3.34. The predicted octanol–water partition coefficient (Wildman–Crippen LogP) is 2.02. The van der Waals surface area contributed by atoms with Gasteiger partial charge in [-0.15, -0.1) is 0 Å². The molecule has 1 aromatic carbocycles. The first kappa shape index (κ1) is 16.5. The first-order valence-corrected chi connectivity index (χ1v) is 6.83. The molecule has 0 fully saturated rings. The summed E-state index contributed by atoms with van der Waals surface area (Å²) >= 11 is 3.37. The molecule has 0 heterocycles. The number of aliphatic carboxylic acids is 1. The van der Waals surface area contributed by atoms with Crippen molar-refractivity contribution in [3.8, 4) is 0 Å². The molecule has 1 unspecified atom stereocenters. The van der Waals surface area contributed by atoms with E-state index in [2.05, 4.69) is 26.6 Å². The molecule has 0 aromatic heterocycles. The van der Waals surface area contributed by atoms with Gasteiger partial charge in [0, 0.05) is 23.1 Å². The zero-order valence-electron chi connectivity index (χ0n) is 11.2. The minimum absolute atomic E-state index is 0.0406. The summed E-state index contributed by atoms with van der Waals surface area (Å²) in [5, 5.41) is 22.8. The zero-order chi connectivity index (χ0) is 15.3. The van der Waals surface area contributed by atoms with Gasteiger partial charge in [-0.2, -0.15) is 0 Å². The Hall–Kier alpha value is -1.60. The number of rotatable bonds is 5. The minimum atomic E-state index is -1.47. The average molecular weight is 345 g/mol. The van der Waals surface area contributed by atoms with Crippen molar-refractivity contribution < 1.29 is 19.8 Å². The lowest BCUT2D eigenvalue weighted by molar-refractivity contribution is -0.146. The lowest BCUT2D eigenvalue weighted by atomic mass is 10.1. The number of urea groups is 1. The molecular weight excluding hydrogens is 328 g/mol. The van der Waals surface area contributed by atoms with Crippen molar-refractivity contribution in [2.24, 2.45) is 0 Å². The lowest BCUT2D eigenvalue weighted by Gasteiger charge is -2.13. The quantitative estimate of drug-likeness (QED) is 0.656. The van der Waals surface area contributed by atoms with E-state index < -0.39 is 18.1 Å². The molecule has 1 atom stereocenters. The summed E-state index contributed by atoms with van der Waals surface area (Å²) in [5.41, 5.74) is 2.54. The Balaban J connectivity index is 2.53. The van der Waals surface area contributed by atoms with Gasteiger partial charge >= 0.3 is 12.0 Å².